The summed E-state index contributed by atoms with van der Waals surface area (Å²) in [7, 11) is 0. The Hall–Kier alpha value is -1.70. The Labute approximate surface area is 112 Å². The van der Waals surface area contributed by atoms with E-state index in [2.05, 4.69) is 0 Å². The van der Waals surface area contributed by atoms with Crippen LogP contribution in [0, 0.1) is 17.1 Å². The molecule has 0 N–H and O–H groups in total. The topological polar surface area (TPSA) is 40.9 Å². The molecule has 5 heteroatoms. The number of ketones is 1. The minimum atomic E-state index is -0.930. The molecule has 0 spiro atoms. The number of nitriles is 1. The Morgan fingerprint density at radius 1 is 1.28 bits per heavy atom. The smallest absolute Gasteiger partial charge is 0.194 e. The third-order valence-electron chi connectivity index (χ3n) is 2.41. The molecule has 0 radical (unpaired) electrons. The van der Waals surface area contributed by atoms with Gasteiger partial charge in [0.05, 0.1) is 15.3 Å². The Balaban J connectivity index is 2.32. The number of carbonyl (C=O) groups excluding carboxylic acids is 1. The van der Waals surface area contributed by atoms with Gasteiger partial charge in [-0.25, -0.2) is 4.39 Å². The number of benzene rings is 1. The summed E-state index contributed by atoms with van der Waals surface area (Å²) in [5.74, 6) is -1.65. The van der Waals surface area contributed by atoms with Crippen molar-refractivity contribution < 1.29 is 9.18 Å². The molecule has 2 aromatic rings. The fourth-order valence-corrected chi connectivity index (χ4v) is 2.54. The van der Waals surface area contributed by atoms with Crippen LogP contribution in [-0.2, 0) is 0 Å². The fraction of sp³-hybridized carbons (Fsp3) is 0.0769. The zero-order valence-corrected chi connectivity index (χ0v) is 10.6. The Bertz CT molecular complexity index is 615. The molecule has 0 bridgehead atoms. The number of carbonyl (C=O) groups is 1. The highest BCUT2D eigenvalue weighted by atomic mass is 35.5. The minimum absolute atomic E-state index is 0.319. The predicted octanol–water partition coefficient (Wildman–Crippen LogP) is 4.03. The van der Waals surface area contributed by atoms with E-state index < -0.39 is 11.7 Å². The molecule has 18 heavy (non-hydrogen) atoms. The second-order valence-corrected chi connectivity index (χ2v) is 5.30. The zero-order valence-electron chi connectivity index (χ0n) is 9.06. The fourth-order valence-electron chi connectivity index (χ4n) is 1.53. The Kier molecular flexibility index (Phi) is 3.75. The van der Waals surface area contributed by atoms with E-state index in [0.717, 1.165) is 11.3 Å². The molecule has 0 aliphatic heterocycles. The highest BCUT2D eigenvalue weighted by Crippen LogP contribution is 2.27. The van der Waals surface area contributed by atoms with Crippen molar-refractivity contribution in [2.24, 2.45) is 0 Å². The van der Waals surface area contributed by atoms with Crippen LogP contribution in [0.5, 0.6) is 0 Å². The van der Waals surface area contributed by atoms with Gasteiger partial charge in [-0.15, -0.1) is 11.3 Å². The molecular weight excluding hydrogens is 273 g/mol. The van der Waals surface area contributed by atoms with E-state index in [-0.39, 0.29) is 5.78 Å². The number of hydrogen-bond donors (Lipinski definition) is 0. The molecule has 1 atom stereocenters. The van der Waals surface area contributed by atoms with Gasteiger partial charge in [-0.1, -0.05) is 23.7 Å². The van der Waals surface area contributed by atoms with Crippen LogP contribution >= 0.6 is 22.9 Å². The van der Waals surface area contributed by atoms with Crippen molar-refractivity contribution in [3.05, 3.63) is 57.0 Å². The van der Waals surface area contributed by atoms with Crippen molar-refractivity contribution in [3.8, 4) is 6.07 Å². The van der Waals surface area contributed by atoms with Crippen molar-refractivity contribution >= 4 is 28.7 Å². The lowest BCUT2D eigenvalue weighted by Crippen LogP contribution is -2.09. The minimum Gasteiger partial charge on any atom is -0.291 e. The summed E-state index contributed by atoms with van der Waals surface area (Å²) in [5.41, 5.74) is 0.480. The molecule has 1 unspecified atom stereocenters. The molecule has 0 amide bonds. The summed E-state index contributed by atoms with van der Waals surface area (Å²) in [6, 6.07) is 10.5. The Morgan fingerprint density at radius 3 is 2.44 bits per heavy atom. The van der Waals surface area contributed by atoms with Gasteiger partial charge >= 0.3 is 0 Å². The standard InChI is InChI=1S/C13H7ClFNOS/c14-12-6-5-11(18-12)13(17)10(7-16)8-1-3-9(15)4-2-8/h1-6,10H. The maximum atomic E-state index is 12.8. The van der Waals surface area contributed by atoms with Gasteiger partial charge in [0.2, 0.25) is 0 Å². The summed E-state index contributed by atoms with van der Waals surface area (Å²) >= 11 is 6.88. The van der Waals surface area contributed by atoms with E-state index in [1.807, 2.05) is 6.07 Å². The normalized spacial score (nSPS) is 11.8. The van der Waals surface area contributed by atoms with Gasteiger partial charge in [0.1, 0.15) is 11.7 Å². The monoisotopic (exact) mass is 279 g/mol. The van der Waals surface area contributed by atoms with Gasteiger partial charge < -0.3 is 0 Å². The number of nitrogens with zero attached hydrogens (tertiary/aromatic N) is 1. The van der Waals surface area contributed by atoms with E-state index in [9.17, 15) is 9.18 Å². The molecule has 2 nitrogen and oxygen atoms in total. The van der Waals surface area contributed by atoms with Crippen LogP contribution in [-0.4, -0.2) is 5.78 Å². The zero-order chi connectivity index (χ0) is 13.1. The van der Waals surface area contributed by atoms with Gasteiger partial charge in [0, 0.05) is 0 Å². The van der Waals surface area contributed by atoms with Gasteiger partial charge in [-0.2, -0.15) is 5.26 Å². The molecule has 1 aromatic carbocycles. The molecule has 0 aliphatic carbocycles. The highest BCUT2D eigenvalue weighted by molar-refractivity contribution is 7.18. The van der Waals surface area contributed by atoms with Gasteiger partial charge in [0.25, 0.3) is 0 Å². The van der Waals surface area contributed by atoms with E-state index >= 15 is 0 Å². The van der Waals surface area contributed by atoms with Crippen molar-refractivity contribution in [1.29, 1.82) is 5.26 Å². The predicted molar refractivity (Wildman–Crippen MR) is 68.4 cm³/mol. The van der Waals surface area contributed by atoms with E-state index in [4.69, 9.17) is 16.9 Å². The maximum Gasteiger partial charge on any atom is 0.194 e. The van der Waals surface area contributed by atoms with E-state index in [1.54, 1.807) is 12.1 Å². The van der Waals surface area contributed by atoms with Gasteiger partial charge in [-0.3, -0.25) is 4.79 Å². The number of hydrogen-bond acceptors (Lipinski definition) is 3. The summed E-state index contributed by atoms with van der Waals surface area (Å²) in [6.45, 7) is 0. The number of rotatable bonds is 3. The van der Waals surface area contributed by atoms with Crippen molar-refractivity contribution in [2.75, 3.05) is 0 Å². The molecule has 0 saturated carbocycles. The average Bonchev–Trinajstić information content (AvgIpc) is 2.79. The van der Waals surface area contributed by atoms with Crippen molar-refractivity contribution in [2.45, 2.75) is 5.92 Å². The van der Waals surface area contributed by atoms with Crippen LogP contribution in [0.3, 0.4) is 0 Å². The SMILES string of the molecule is N#CC(C(=O)c1ccc(Cl)s1)c1ccc(F)cc1. The molecule has 2 rings (SSSR count). The lowest BCUT2D eigenvalue weighted by molar-refractivity contribution is 0.0983. The first-order valence-corrected chi connectivity index (χ1v) is 6.26. The van der Waals surface area contributed by atoms with Gasteiger partial charge in [0.15, 0.2) is 5.78 Å². The molecule has 1 aromatic heterocycles. The third kappa shape index (κ3) is 2.58. The molecule has 0 saturated heterocycles. The first-order valence-electron chi connectivity index (χ1n) is 5.06. The highest BCUT2D eigenvalue weighted by Gasteiger charge is 2.23. The second kappa shape index (κ2) is 5.30. The number of Topliss-reactive ketones (excluding diaryl/α,β-unsaturated/α-hetero) is 1. The van der Waals surface area contributed by atoms with Crippen LogP contribution in [0.25, 0.3) is 0 Å². The first kappa shape index (κ1) is 12.7. The number of halogens is 2. The van der Waals surface area contributed by atoms with Crippen molar-refractivity contribution in [3.63, 3.8) is 0 Å². The van der Waals surface area contributed by atoms with Crippen LogP contribution in [0.15, 0.2) is 36.4 Å². The summed E-state index contributed by atoms with van der Waals surface area (Å²) in [5, 5.41) is 9.09. The molecule has 90 valence electrons. The Morgan fingerprint density at radius 2 is 1.94 bits per heavy atom. The molecule has 1 heterocycles. The van der Waals surface area contributed by atoms with E-state index in [1.165, 1.54) is 24.3 Å². The summed E-state index contributed by atoms with van der Waals surface area (Å²) in [4.78, 5) is 12.5. The first-order chi connectivity index (χ1) is 8.61. The van der Waals surface area contributed by atoms with Crippen LogP contribution in [0.1, 0.15) is 21.2 Å². The number of thiophene rings is 1. The second-order valence-electron chi connectivity index (χ2n) is 3.58. The van der Waals surface area contributed by atoms with E-state index in [0.29, 0.717) is 14.8 Å². The van der Waals surface area contributed by atoms with Gasteiger partial charge in [-0.05, 0) is 29.8 Å². The quantitative estimate of drug-likeness (QED) is 0.796. The van der Waals surface area contributed by atoms with Crippen LogP contribution in [0.4, 0.5) is 4.39 Å². The molecular formula is C13H7ClFNOS. The largest absolute Gasteiger partial charge is 0.291 e. The maximum absolute atomic E-state index is 12.8. The molecule has 0 aliphatic rings. The lowest BCUT2D eigenvalue weighted by Gasteiger charge is -2.06. The summed E-state index contributed by atoms with van der Waals surface area (Å²) in [6.07, 6.45) is 0. The van der Waals surface area contributed by atoms with Crippen LogP contribution < -0.4 is 0 Å². The summed E-state index contributed by atoms with van der Waals surface area (Å²) < 4.78 is 13.3. The van der Waals surface area contributed by atoms with Crippen molar-refractivity contribution in [1.82, 2.24) is 0 Å². The molecule has 0 fully saturated rings. The third-order valence-corrected chi connectivity index (χ3v) is 3.66. The lowest BCUT2D eigenvalue weighted by atomic mass is 9.95. The van der Waals surface area contributed by atoms with Crippen LogP contribution in [0.2, 0.25) is 4.34 Å². The average molecular weight is 280 g/mol.